The molecule has 10 heteroatoms. The Kier molecular flexibility index (Phi) is 6.10. The zero-order chi connectivity index (χ0) is 21.3. The van der Waals surface area contributed by atoms with Gasteiger partial charge in [-0.25, -0.2) is 13.1 Å². The van der Waals surface area contributed by atoms with Crippen LogP contribution in [0.15, 0.2) is 41.8 Å². The van der Waals surface area contributed by atoms with E-state index in [1.165, 1.54) is 4.88 Å². The van der Waals surface area contributed by atoms with Gasteiger partial charge in [-0.15, -0.1) is 11.3 Å². The smallest absolute Gasteiger partial charge is 0.199 e. The van der Waals surface area contributed by atoms with E-state index >= 15 is 0 Å². The molecular formula is C20H24N4O3S3. The molecule has 2 aromatic heterocycles. The summed E-state index contributed by atoms with van der Waals surface area (Å²) < 4.78 is 33.7. The van der Waals surface area contributed by atoms with Crippen molar-refractivity contribution >= 4 is 33.4 Å². The number of ether oxygens (including phenoxy) is 1. The van der Waals surface area contributed by atoms with Crippen molar-refractivity contribution in [1.29, 1.82) is 0 Å². The topological polar surface area (TPSA) is 69.4 Å². The number of hydrogen-bond donors (Lipinski definition) is 0. The molecule has 1 aliphatic rings. The van der Waals surface area contributed by atoms with Crippen molar-refractivity contribution in [3.8, 4) is 17.1 Å². The first-order chi connectivity index (χ1) is 14.4. The van der Waals surface area contributed by atoms with Crippen LogP contribution in [0.3, 0.4) is 0 Å². The van der Waals surface area contributed by atoms with Gasteiger partial charge in [-0.1, -0.05) is 6.07 Å². The highest BCUT2D eigenvalue weighted by molar-refractivity contribution is 7.91. The molecular weight excluding hydrogens is 440 g/mol. The third-order valence-electron chi connectivity index (χ3n) is 5.37. The fourth-order valence-corrected chi connectivity index (χ4v) is 6.38. The van der Waals surface area contributed by atoms with E-state index in [0.717, 1.165) is 17.1 Å². The van der Waals surface area contributed by atoms with E-state index in [1.54, 1.807) is 23.1 Å². The predicted octanol–water partition coefficient (Wildman–Crippen LogP) is 3.33. The first-order valence-corrected chi connectivity index (χ1v) is 12.7. The van der Waals surface area contributed by atoms with Gasteiger partial charge in [-0.3, -0.25) is 4.90 Å². The third-order valence-corrected chi connectivity index (χ3v) is 8.46. The Morgan fingerprint density at radius 3 is 2.67 bits per heavy atom. The summed E-state index contributed by atoms with van der Waals surface area (Å²) in [5.41, 5.74) is 0.941. The molecule has 1 aromatic carbocycles. The summed E-state index contributed by atoms with van der Waals surface area (Å²) in [5, 5.41) is 6.79. The van der Waals surface area contributed by atoms with E-state index in [4.69, 9.17) is 22.1 Å². The molecule has 1 fully saturated rings. The third kappa shape index (κ3) is 4.51. The van der Waals surface area contributed by atoms with E-state index in [0.29, 0.717) is 24.4 Å². The molecule has 160 valence electrons. The molecule has 0 radical (unpaired) electrons. The first-order valence-electron chi connectivity index (χ1n) is 9.61. The second kappa shape index (κ2) is 8.62. The van der Waals surface area contributed by atoms with Crippen molar-refractivity contribution in [1.82, 2.24) is 19.2 Å². The maximum absolute atomic E-state index is 12.1. The minimum absolute atomic E-state index is 0.0366. The molecule has 0 saturated carbocycles. The number of sulfone groups is 1. The standard InChI is InChI=1S/C20H24N4O3S3/c1-22-19(15-5-7-17(27-2)8-6-15)21-24(20(22)28)14-23(12-18-4-3-10-29-18)16-9-11-30(25,26)13-16/h3-8,10,16H,9,11-14H2,1-2H3/t16-/m1/s1. The molecule has 7 nitrogen and oxygen atoms in total. The van der Waals surface area contributed by atoms with Crippen LogP contribution in [0.1, 0.15) is 11.3 Å². The fraction of sp³-hybridized carbons (Fsp3) is 0.400. The SMILES string of the molecule is COc1ccc(-c2nn(CN(Cc3cccs3)[C@@H]3CCS(=O)(=O)C3)c(=S)n2C)cc1. The van der Waals surface area contributed by atoms with Crippen LogP contribution >= 0.6 is 23.6 Å². The number of methoxy groups -OCH3 is 1. The van der Waals surface area contributed by atoms with E-state index in [1.807, 2.05) is 47.3 Å². The monoisotopic (exact) mass is 464 g/mol. The van der Waals surface area contributed by atoms with Crippen LogP contribution in [0.2, 0.25) is 0 Å². The lowest BCUT2D eigenvalue weighted by atomic mass is 10.2. The van der Waals surface area contributed by atoms with E-state index in [9.17, 15) is 8.42 Å². The molecule has 0 unspecified atom stereocenters. The minimum Gasteiger partial charge on any atom is -0.497 e. The minimum atomic E-state index is -2.99. The largest absolute Gasteiger partial charge is 0.497 e. The maximum atomic E-state index is 12.1. The van der Waals surface area contributed by atoms with Gasteiger partial charge < -0.3 is 9.30 Å². The van der Waals surface area contributed by atoms with E-state index in [-0.39, 0.29) is 17.5 Å². The average molecular weight is 465 g/mol. The molecule has 0 amide bonds. The van der Waals surface area contributed by atoms with Gasteiger partial charge in [-0.05, 0) is 54.4 Å². The Balaban J connectivity index is 1.63. The zero-order valence-electron chi connectivity index (χ0n) is 16.9. The number of thiophene rings is 1. The number of hydrogen-bond acceptors (Lipinski definition) is 7. The highest BCUT2D eigenvalue weighted by atomic mass is 32.2. The molecule has 4 rings (SSSR count). The van der Waals surface area contributed by atoms with E-state index < -0.39 is 9.84 Å². The second-order valence-corrected chi connectivity index (χ2v) is 11.0. The summed E-state index contributed by atoms with van der Waals surface area (Å²) in [4.78, 5) is 3.37. The summed E-state index contributed by atoms with van der Waals surface area (Å²) in [6.45, 7) is 1.12. The highest BCUT2D eigenvalue weighted by Crippen LogP contribution is 2.24. The molecule has 1 aliphatic heterocycles. The van der Waals surface area contributed by atoms with Crippen molar-refractivity contribution in [2.75, 3.05) is 18.6 Å². The van der Waals surface area contributed by atoms with Gasteiger partial charge in [0.2, 0.25) is 0 Å². The van der Waals surface area contributed by atoms with Crippen LogP contribution in [0.5, 0.6) is 5.75 Å². The maximum Gasteiger partial charge on any atom is 0.199 e. The van der Waals surface area contributed by atoms with Crippen molar-refractivity contribution in [3.05, 3.63) is 51.4 Å². The van der Waals surface area contributed by atoms with Crippen LogP contribution in [-0.4, -0.2) is 52.3 Å². The van der Waals surface area contributed by atoms with Gasteiger partial charge in [0.1, 0.15) is 5.75 Å². The first kappa shape index (κ1) is 21.2. The van der Waals surface area contributed by atoms with Crippen LogP contribution in [0, 0.1) is 4.77 Å². The number of rotatable bonds is 7. The summed E-state index contributed by atoms with van der Waals surface area (Å²) >= 11 is 7.31. The average Bonchev–Trinajstić information content (AvgIpc) is 3.44. The lowest BCUT2D eigenvalue weighted by molar-refractivity contribution is 0.147. The molecule has 0 bridgehead atoms. The van der Waals surface area contributed by atoms with Crippen molar-refractivity contribution in [2.45, 2.75) is 25.7 Å². The number of nitrogens with zero attached hydrogens (tertiary/aromatic N) is 4. The lowest BCUT2D eigenvalue weighted by Crippen LogP contribution is -2.37. The molecule has 1 atom stereocenters. The second-order valence-electron chi connectivity index (χ2n) is 7.42. The van der Waals surface area contributed by atoms with E-state index in [2.05, 4.69) is 11.0 Å². The summed E-state index contributed by atoms with van der Waals surface area (Å²) in [6.07, 6.45) is 0.638. The van der Waals surface area contributed by atoms with Gasteiger partial charge in [0, 0.05) is 30.1 Å². The molecule has 3 aromatic rings. The van der Waals surface area contributed by atoms with Gasteiger partial charge in [-0.2, -0.15) is 5.10 Å². The summed E-state index contributed by atoms with van der Waals surface area (Å²) in [5.74, 6) is 1.97. The van der Waals surface area contributed by atoms with Gasteiger partial charge in [0.15, 0.2) is 20.4 Å². The Morgan fingerprint density at radius 1 is 1.30 bits per heavy atom. The van der Waals surface area contributed by atoms with Gasteiger partial charge in [0.05, 0.1) is 25.3 Å². The molecule has 0 N–H and O–H groups in total. The fourth-order valence-electron chi connectivity index (χ4n) is 3.70. The number of aromatic nitrogens is 3. The molecule has 3 heterocycles. The molecule has 0 spiro atoms. The molecule has 30 heavy (non-hydrogen) atoms. The Labute approximate surface area is 185 Å². The molecule has 1 saturated heterocycles. The van der Waals surface area contributed by atoms with Crippen molar-refractivity contribution < 1.29 is 13.2 Å². The summed E-state index contributed by atoms with van der Waals surface area (Å²) in [6, 6.07) is 11.7. The quantitative estimate of drug-likeness (QED) is 0.500. The van der Waals surface area contributed by atoms with Crippen LogP contribution in [0.25, 0.3) is 11.4 Å². The van der Waals surface area contributed by atoms with Crippen LogP contribution in [-0.2, 0) is 30.1 Å². The Hall–Kier alpha value is -2.01. The normalized spacial score (nSPS) is 18.2. The van der Waals surface area contributed by atoms with Crippen molar-refractivity contribution in [3.63, 3.8) is 0 Å². The summed E-state index contributed by atoms with van der Waals surface area (Å²) in [7, 11) is 0.548. The van der Waals surface area contributed by atoms with Gasteiger partial charge >= 0.3 is 0 Å². The number of benzene rings is 1. The van der Waals surface area contributed by atoms with Crippen molar-refractivity contribution in [2.24, 2.45) is 7.05 Å². The van der Waals surface area contributed by atoms with Crippen LogP contribution < -0.4 is 4.74 Å². The zero-order valence-corrected chi connectivity index (χ0v) is 19.3. The Bertz CT molecular complexity index is 1170. The Morgan fingerprint density at radius 2 is 2.07 bits per heavy atom. The highest BCUT2D eigenvalue weighted by Gasteiger charge is 2.33. The molecule has 0 aliphatic carbocycles. The lowest BCUT2D eigenvalue weighted by Gasteiger charge is -2.27. The van der Waals surface area contributed by atoms with Crippen LogP contribution in [0.4, 0.5) is 0 Å². The van der Waals surface area contributed by atoms with Gasteiger partial charge in [0.25, 0.3) is 0 Å². The predicted molar refractivity (Wildman–Crippen MR) is 121 cm³/mol.